The van der Waals surface area contributed by atoms with Crippen LogP contribution in [-0.2, 0) is 22.6 Å². The van der Waals surface area contributed by atoms with Crippen LogP contribution in [0.1, 0.15) is 46.1 Å². The van der Waals surface area contributed by atoms with Gasteiger partial charge in [-0.2, -0.15) is 0 Å². The molecule has 1 aliphatic rings. The minimum atomic E-state index is -0.981. The van der Waals surface area contributed by atoms with Crippen molar-refractivity contribution in [2.45, 2.75) is 39.7 Å². The number of carbonyl (C=O) groups is 3. The number of nitrogens with one attached hydrogen (secondary N) is 2. The maximum atomic E-state index is 13.0. The number of aromatic nitrogens is 1. The molecule has 2 amide bonds. The Morgan fingerprint density at radius 3 is 2.60 bits per heavy atom. The second-order valence-electron chi connectivity index (χ2n) is 7.22. The van der Waals surface area contributed by atoms with Crippen LogP contribution in [0, 0.1) is 18.8 Å². The van der Waals surface area contributed by atoms with Gasteiger partial charge in [0.2, 0.25) is 5.91 Å². The monoisotopic (exact) mass is 427 g/mol. The number of anilines is 1. The Bertz CT molecular complexity index is 968. The van der Waals surface area contributed by atoms with Gasteiger partial charge in [0.1, 0.15) is 5.00 Å². The van der Waals surface area contributed by atoms with E-state index in [0.29, 0.717) is 36.4 Å². The number of nitrogens with zero attached hydrogens (tertiary/aromatic N) is 1. The lowest BCUT2D eigenvalue weighted by atomic mass is 9.82. The molecule has 30 heavy (non-hydrogen) atoms. The Hall–Kier alpha value is -3.00. The molecule has 0 aromatic carbocycles. The SMILES string of the molecule is CCc1c(C)sc(NC(=O)[C@H]2CC=CC[C@@H]2C(=O)O)c1C(=O)NCc1cccnc1. The first kappa shape index (κ1) is 21.7. The minimum Gasteiger partial charge on any atom is -0.481 e. The van der Waals surface area contributed by atoms with Crippen LogP contribution in [0.3, 0.4) is 0 Å². The zero-order valence-electron chi connectivity index (χ0n) is 17.0. The molecule has 0 fully saturated rings. The van der Waals surface area contributed by atoms with Gasteiger partial charge in [-0.15, -0.1) is 11.3 Å². The molecule has 0 saturated heterocycles. The van der Waals surface area contributed by atoms with Crippen LogP contribution in [0.2, 0.25) is 0 Å². The van der Waals surface area contributed by atoms with Gasteiger partial charge >= 0.3 is 5.97 Å². The number of allylic oxidation sites excluding steroid dienone is 2. The first-order valence-corrected chi connectivity index (χ1v) is 10.7. The first-order valence-electron chi connectivity index (χ1n) is 9.90. The maximum Gasteiger partial charge on any atom is 0.307 e. The van der Waals surface area contributed by atoms with Crippen molar-refractivity contribution >= 4 is 34.1 Å². The number of carbonyl (C=O) groups excluding carboxylic acids is 2. The molecule has 3 rings (SSSR count). The summed E-state index contributed by atoms with van der Waals surface area (Å²) in [6.45, 7) is 4.21. The van der Waals surface area contributed by atoms with Crippen molar-refractivity contribution in [1.29, 1.82) is 0 Å². The number of hydrogen-bond acceptors (Lipinski definition) is 5. The lowest BCUT2D eigenvalue weighted by Crippen LogP contribution is -2.35. The van der Waals surface area contributed by atoms with E-state index in [1.54, 1.807) is 24.5 Å². The molecule has 0 saturated carbocycles. The molecule has 0 bridgehead atoms. The summed E-state index contributed by atoms with van der Waals surface area (Å²) in [5.41, 5.74) is 2.22. The Morgan fingerprint density at radius 2 is 1.97 bits per heavy atom. The first-order chi connectivity index (χ1) is 14.4. The van der Waals surface area contributed by atoms with Crippen molar-refractivity contribution in [3.05, 3.63) is 58.2 Å². The van der Waals surface area contributed by atoms with Crippen LogP contribution < -0.4 is 10.6 Å². The Balaban J connectivity index is 1.81. The summed E-state index contributed by atoms with van der Waals surface area (Å²) in [6.07, 6.45) is 8.34. The van der Waals surface area contributed by atoms with Crippen molar-refractivity contribution in [2.75, 3.05) is 5.32 Å². The molecule has 1 aliphatic carbocycles. The molecule has 2 atom stereocenters. The Morgan fingerprint density at radius 1 is 1.23 bits per heavy atom. The number of hydrogen-bond donors (Lipinski definition) is 3. The van der Waals surface area contributed by atoms with E-state index in [1.807, 2.05) is 26.0 Å². The van der Waals surface area contributed by atoms with Crippen LogP contribution in [0.4, 0.5) is 5.00 Å². The highest BCUT2D eigenvalue weighted by Crippen LogP contribution is 2.35. The minimum absolute atomic E-state index is 0.270. The summed E-state index contributed by atoms with van der Waals surface area (Å²) in [5, 5.41) is 15.7. The molecule has 2 heterocycles. The highest BCUT2D eigenvalue weighted by Gasteiger charge is 2.35. The summed E-state index contributed by atoms with van der Waals surface area (Å²) in [5.74, 6) is -3.04. The number of amides is 2. The fraction of sp³-hybridized carbons (Fsp3) is 0.364. The number of aliphatic carboxylic acids is 1. The van der Waals surface area contributed by atoms with Gasteiger partial charge in [0.15, 0.2) is 0 Å². The fourth-order valence-electron chi connectivity index (χ4n) is 3.69. The molecule has 0 radical (unpaired) electrons. The van der Waals surface area contributed by atoms with E-state index < -0.39 is 17.8 Å². The molecule has 8 heteroatoms. The normalized spacial score (nSPS) is 18.1. The van der Waals surface area contributed by atoms with Gasteiger partial charge in [0.05, 0.1) is 17.4 Å². The Kier molecular flexibility index (Phi) is 6.99. The van der Waals surface area contributed by atoms with E-state index >= 15 is 0 Å². The van der Waals surface area contributed by atoms with Gasteiger partial charge in [-0.1, -0.05) is 25.1 Å². The van der Waals surface area contributed by atoms with E-state index in [1.165, 1.54) is 11.3 Å². The van der Waals surface area contributed by atoms with Crippen LogP contribution in [0.15, 0.2) is 36.7 Å². The number of carboxylic acids is 1. The molecule has 7 nitrogen and oxygen atoms in total. The van der Waals surface area contributed by atoms with Gasteiger partial charge in [0, 0.05) is 23.8 Å². The van der Waals surface area contributed by atoms with Crippen molar-refractivity contribution in [1.82, 2.24) is 10.3 Å². The number of pyridine rings is 1. The third-order valence-corrected chi connectivity index (χ3v) is 6.35. The molecule has 0 unspecified atom stereocenters. The van der Waals surface area contributed by atoms with E-state index in [4.69, 9.17) is 0 Å². The standard InChI is InChI=1S/C22H25N3O4S/c1-3-15-13(2)30-21(18(15)20(27)24-12-14-7-6-10-23-11-14)25-19(26)16-8-4-5-9-17(16)22(28)29/h4-7,10-11,16-17H,3,8-9,12H2,1-2H3,(H,24,27)(H,25,26)(H,28,29)/t16-,17-/m0/s1. The molecular weight excluding hydrogens is 402 g/mol. The van der Waals surface area contributed by atoms with Crippen LogP contribution in [-0.4, -0.2) is 27.9 Å². The van der Waals surface area contributed by atoms with Crippen molar-refractivity contribution in [3.63, 3.8) is 0 Å². The van der Waals surface area contributed by atoms with Gasteiger partial charge < -0.3 is 15.7 Å². The van der Waals surface area contributed by atoms with Gasteiger partial charge in [-0.3, -0.25) is 19.4 Å². The van der Waals surface area contributed by atoms with Crippen LogP contribution in [0.25, 0.3) is 0 Å². The quantitative estimate of drug-likeness (QED) is 0.586. The molecular formula is C22H25N3O4S. The van der Waals surface area contributed by atoms with Crippen molar-refractivity contribution < 1.29 is 19.5 Å². The van der Waals surface area contributed by atoms with E-state index in [2.05, 4.69) is 15.6 Å². The third kappa shape index (κ3) is 4.76. The maximum absolute atomic E-state index is 13.0. The predicted molar refractivity (Wildman–Crippen MR) is 115 cm³/mol. The number of rotatable bonds is 7. The number of aryl methyl sites for hydroxylation is 1. The largest absolute Gasteiger partial charge is 0.481 e. The van der Waals surface area contributed by atoms with Crippen LogP contribution in [0.5, 0.6) is 0 Å². The van der Waals surface area contributed by atoms with Crippen molar-refractivity contribution in [3.8, 4) is 0 Å². The van der Waals surface area contributed by atoms with E-state index in [0.717, 1.165) is 16.0 Å². The number of carboxylic acid groups (broad SMARTS) is 1. The fourth-order valence-corrected chi connectivity index (χ4v) is 4.83. The smallest absolute Gasteiger partial charge is 0.307 e. The highest BCUT2D eigenvalue weighted by molar-refractivity contribution is 7.16. The lowest BCUT2D eigenvalue weighted by molar-refractivity contribution is -0.146. The predicted octanol–water partition coefficient (Wildman–Crippen LogP) is 3.55. The zero-order chi connectivity index (χ0) is 21.7. The molecule has 2 aromatic rings. The molecule has 158 valence electrons. The summed E-state index contributed by atoms with van der Waals surface area (Å²) >= 11 is 1.35. The average molecular weight is 428 g/mol. The summed E-state index contributed by atoms with van der Waals surface area (Å²) in [7, 11) is 0. The lowest BCUT2D eigenvalue weighted by Gasteiger charge is -2.24. The van der Waals surface area contributed by atoms with Gasteiger partial charge in [-0.25, -0.2) is 0 Å². The van der Waals surface area contributed by atoms with E-state index in [-0.39, 0.29) is 11.8 Å². The summed E-state index contributed by atoms with van der Waals surface area (Å²) in [6, 6.07) is 3.68. The summed E-state index contributed by atoms with van der Waals surface area (Å²) < 4.78 is 0. The van der Waals surface area contributed by atoms with Crippen molar-refractivity contribution in [2.24, 2.45) is 11.8 Å². The second-order valence-corrected chi connectivity index (χ2v) is 8.45. The van der Waals surface area contributed by atoms with Gasteiger partial charge in [0.25, 0.3) is 5.91 Å². The highest BCUT2D eigenvalue weighted by atomic mass is 32.1. The molecule has 2 aromatic heterocycles. The Labute approximate surface area is 179 Å². The molecule has 0 aliphatic heterocycles. The summed E-state index contributed by atoms with van der Waals surface area (Å²) in [4.78, 5) is 42.4. The number of thiophene rings is 1. The molecule has 0 spiro atoms. The van der Waals surface area contributed by atoms with E-state index in [9.17, 15) is 19.5 Å². The van der Waals surface area contributed by atoms with Gasteiger partial charge in [-0.05, 0) is 43.4 Å². The third-order valence-electron chi connectivity index (χ3n) is 5.29. The second kappa shape index (κ2) is 9.67. The average Bonchev–Trinajstić information content (AvgIpc) is 3.07. The van der Waals surface area contributed by atoms with Crippen LogP contribution >= 0.6 is 11.3 Å². The zero-order valence-corrected chi connectivity index (χ0v) is 17.8. The molecule has 3 N–H and O–H groups in total. The topological polar surface area (TPSA) is 108 Å².